The molecule has 0 saturated heterocycles. The largest absolute Gasteiger partial charge is 0.0620 e. The SMILES string of the molecule is CC1(C2CC2)CCc2ccccc21. The summed E-state index contributed by atoms with van der Waals surface area (Å²) < 4.78 is 0. The fraction of sp³-hybridized carbons (Fsp3) is 0.538. The zero-order chi connectivity index (χ0) is 8.89. The van der Waals surface area contributed by atoms with Crippen LogP contribution < -0.4 is 0 Å². The second-order valence-corrected chi connectivity index (χ2v) is 4.85. The van der Waals surface area contributed by atoms with Gasteiger partial charge in [0.15, 0.2) is 0 Å². The van der Waals surface area contributed by atoms with Gasteiger partial charge in [-0.3, -0.25) is 0 Å². The molecule has 1 aromatic rings. The Bertz CT molecular complexity index is 336. The van der Waals surface area contributed by atoms with Gasteiger partial charge in [0.25, 0.3) is 0 Å². The molecule has 1 unspecified atom stereocenters. The van der Waals surface area contributed by atoms with Gasteiger partial charge in [-0.25, -0.2) is 0 Å². The zero-order valence-electron chi connectivity index (χ0n) is 8.22. The van der Waals surface area contributed by atoms with Crippen LogP contribution in [0.1, 0.15) is 37.3 Å². The summed E-state index contributed by atoms with van der Waals surface area (Å²) in [4.78, 5) is 0. The Morgan fingerprint density at radius 3 is 2.77 bits per heavy atom. The van der Waals surface area contributed by atoms with Gasteiger partial charge >= 0.3 is 0 Å². The van der Waals surface area contributed by atoms with E-state index in [1.54, 1.807) is 11.1 Å². The van der Waals surface area contributed by atoms with Crippen LogP contribution in [0.3, 0.4) is 0 Å². The van der Waals surface area contributed by atoms with Gasteiger partial charge in [0.05, 0.1) is 0 Å². The number of benzene rings is 1. The van der Waals surface area contributed by atoms with E-state index in [0.717, 1.165) is 5.92 Å². The fourth-order valence-corrected chi connectivity index (χ4v) is 2.97. The van der Waals surface area contributed by atoms with Gasteiger partial charge in [0.1, 0.15) is 0 Å². The van der Waals surface area contributed by atoms with Gasteiger partial charge in [-0.1, -0.05) is 31.2 Å². The number of hydrogen-bond donors (Lipinski definition) is 0. The molecule has 0 bridgehead atoms. The van der Waals surface area contributed by atoms with Gasteiger partial charge in [-0.2, -0.15) is 0 Å². The first kappa shape index (κ1) is 7.61. The lowest BCUT2D eigenvalue weighted by Gasteiger charge is -2.25. The van der Waals surface area contributed by atoms with Crippen molar-refractivity contribution in [3.05, 3.63) is 35.4 Å². The highest BCUT2D eigenvalue weighted by molar-refractivity contribution is 5.40. The van der Waals surface area contributed by atoms with Crippen molar-refractivity contribution in [3.63, 3.8) is 0 Å². The highest BCUT2D eigenvalue weighted by Gasteiger charge is 2.45. The van der Waals surface area contributed by atoms with Gasteiger partial charge < -0.3 is 0 Å². The molecule has 0 amide bonds. The summed E-state index contributed by atoms with van der Waals surface area (Å²) in [5.74, 6) is 0.996. The van der Waals surface area contributed by atoms with Crippen LogP contribution in [0.4, 0.5) is 0 Å². The van der Waals surface area contributed by atoms with Crippen molar-refractivity contribution in [2.45, 2.75) is 38.0 Å². The Balaban J connectivity index is 2.10. The molecule has 13 heavy (non-hydrogen) atoms. The molecule has 0 heterocycles. The van der Waals surface area contributed by atoms with E-state index in [1.807, 2.05) is 0 Å². The smallest absolute Gasteiger partial charge is 0.00411 e. The molecule has 1 aromatic carbocycles. The van der Waals surface area contributed by atoms with Gasteiger partial charge in [-0.05, 0) is 48.1 Å². The van der Waals surface area contributed by atoms with Crippen molar-refractivity contribution in [3.8, 4) is 0 Å². The Hall–Kier alpha value is -0.780. The Kier molecular flexibility index (Phi) is 1.39. The Morgan fingerprint density at radius 1 is 1.23 bits per heavy atom. The van der Waals surface area contributed by atoms with Gasteiger partial charge in [0.2, 0.25) is 0 Å². The molecule has 0 spiro atoms. The summed E-state index contributed by atoms with van der Waals surface area (Å²) in [5, 5.41) is 0. The Labute approximate surface area is 80.0 Å². The van der Waals surface area contributed by atoms with Crippen LogP contribution >= 0.6 is 0 Å². The number of rotatable bonds is 1. The summed E-state index contributed by atoms with van der Waals surface area (Å²) in [7, 11) is 0. The van der Waals surface area contributed by atoms with E-state index in [0.29, 0.717) is 5.41 Å². The van der Waals surface area contributed by atoms with Crippen LogP contribution in [0.5, 0.6) is 0 Å². The monoisotopic (exact) mass is 172 g/mol. The molecule has 0 N–H and O–H groups in total. The lowest BCUT2D eigenvalue weighted by molar-refractivity contribution is 0.407. The quantitative estimate of drug-likeness (QED) is 0.609. The molecule has 1 saturated carbocycles. The number of fused-ring (bicyclic) bond motifs is 1. The van der Waals surface area contributed by atoms with Gasteiger partial charge in [0, 0.05) is 0 Å². The normalized spacial score (nSPS) is 31.8. The summed E-state index contributed by atoms with van der Waals surface area (Å²) in [6.07, 6.45) is 5.62. The van der Waals surface area contributed by atoms with Crippen molar-refractivity contribution in [1.82, 2.24) is 0 Å². The van der Waals surface area contributed by atoms with Gasteiger partial charge in [-0.15, -0.1) is 0 Å². The van der Waals surface area contributed by atoms with E-state index in [9.17, 15) is 0 Å². The highest BCUT2D eigenvalue weighted by atomic mass is 14.5. The molecule has 0 aliphatic heterocycles. The predicted molar refractivity (Wildman–Crippen MR) is 54.8 cm³/mol. The minimum atomic E-state index is 0.538. The van der Waals surface area contributed by atoms with E-state index in [2.05, 4.69) is 31.2 Å². The van der Waals surface area contributed by atoms with Crippen LogP contribution in [0, 0.1) is 5.92 Å². The maximum Gasteiger partial charge on any atom is -0.00411 e. The fourth-order valence-electron chi connectivity index (χ4n) is 2.97. The minimum Gasteiger partial charge on any atom is -0.0620 e. The first-order valence-corrected chi connectivity index (χ1v) is 5.39. The molecule has 1 fully saturated rings. The third-order valence-electron chi connectivity index (χ3n) is 4.02. The van der Waals surface area contributed by atoms with Crippen LogP contribution in [-0.2, 0) is 11.8 Å². The molecule has 0 radical (unpaired) electrons. The Morgan fingerprint density at radius 2 is 2.00 bits per heavy atom. The molecule has 3 rings (SSSR count). The van der Waals surface area contributed by atoms with Crippen molar-refractivity contribution in [1.29, 1.82) is 0 Å². The van der Waals surface area contributed by atoms with Crippen molar-refractivity contribution < 1.29 is 0 Å². The van der Waals surface area contributed by atoms with E-state index in [1.165, 1.54) is 25.7 Å². The molecule has 0 nitrogen and oxygen atoms in total. The molecular weight excluding hydrogens is 156 g/mol. The van der Waals surface area contributed by atoms with Crippen LogP contribution in [0.25, 0.3) is 0 Å². The summed E-state index contributed by atoms with van der Waals surface area (Å²) in [6, 6.07) is 9.03. The first-order valence-electron chi connectivity index (χ1n) is 5.39. The van der Waals surface area contributed by atoms with E-state index in [4.69, 9.17) is 0 Å². The second kappa shape index (κ2) is 2.37. The zero-order valence-corrected chi connectivity index (χ0v) is 8.22. The topological polar surface area (TPSA) is 0 Å². The van der Waals surface area contributed by atoms with Crippen molar-refractivity contribution >= 4 is 0 Å². The minimum absolute atomic E-state index is 0.538. The molecular formula is C13H16. The van der Waals surface area contributed by atoms with Crippen LogP contribution in [-0.4, -0.2) is 0 Å². The van der Waals surface area contributed by atoms with Crippen molar-refractivity contribution in [2.75, 3.05) is 0 Å². The average Bonchev–Trinajstić information content (AvgIpc) is 2.95. The molecule has 2 aliphatic rings. The molecule has 1 atom stereocenters. The van der Waals surface area contributed by atoms with E-state index >= 15 is 0 Å². The molecule has 2 aliphatic carbocycles. The van der Waals surface area contributed by atoms with E-state index in [-0.39, 0.29) is 0 Å². The van der Waals surface area contributed by atoms with Crippen LogP contribution in [0.2, 0.25) is 0 Å². The maximum atomic E-state index is 2.47. The molecule has 0 aromatic heterocycles. The lowest BCUT2D eigenvalue weighted by atomic mass is 9.79. The number of aryl methyl sites for hydroxylation is 1. The average molecular weight is 172 g/mol. The van der Waals surface area contributed by atoms with Crippen LogP contribution in [0.15, 0.2) is 24.3 Å². The summed E-state index contributed by atoms with van der Waals surface area (Å²) in [6.45, 7) is 2.47. The number of hydrogen-bond acceptors (Lipinski definition) is 0. The summed E-state index contributed by atoms with van der Waals surface area (Å²) >= 11 is 0. The van der Waals surface area contributed by atoms with Crippen molar-refractivity contribution in [2.24, 2.45) is 5.92 Å². The first-order chi connectivity index (χ1) is 6.31. The maximum absolute atomic E-state index is 2.47. The second-order valence-electron chi connectivity index (χ2n) is 4.85. The molecule has 68 valence electrons. The predicted octanol–water partition coefficient (Wildman–Crippen LogP) is 3.30. The van der Waals surface area contributed by atoms with E-state index < -0.39 is 0 Å². The lowest BCUT2D eigenvalue weighted by Crippen LogP contribution is -2.20. The molecule has 0 heteroatoms. The summed E-state index contributed by atoms with van der Waals surface area (Å²) in [5.41, 5.74) is 3.80. The highest BCUT2D eigenvalue weighted by Crippen LogP contribution is 2.53. The standard InChI is InChI=1S/C13H16/c1-13(11-6-7-11)9-8-10-4-2-3-5-12(10)13/h2-5,11H,6-9H2,1H3. The third kappa shape index (κ3) is 0.979. The third-order valence-corrected chi connectivity index (χ3v) is 4.02.